The van der Waals surface area contributed by atoms with E-state index in [1.165, 1.54) is 6.92 Å². The zero-order valence-corrected chi connectivity index (χ0v) is 11.2. The maximum Gasteiger partial charge on any atom is 0.697 e. The molecule has 0 fully saturated rings. The van der Waals surface area contributed by atoms with Crippen molar-refractivity contribution in [2.24, 2.45) is 0 Å². The minimum absolute atomic E-state index is 0.175. The summed E-state index contributed by atoms with van der Waals surface area (Å²) in [7, 11) is -5.79. The third-order valence-electron chi connectivity index (χ3n) is 1.67. The third kappa shape index (κ3) is 8.19. The van der Waals surface area contributed by atoms with E-state index in [2.05, 4.69) is 14.4 Å². The van der Waals surface area contributed by atoms with E-state index in [1.54, 1.807) is 0 Å². The van der Waals surface area contributed by atoms with Crippen molar-refractivity contribution in [3.05, 3.63) is 0 Å². The summed E-state index contributed by atoms with van der Waals surface area (Å²) in [5, 5.41) is 3.03. The molecule has 0 aliphatic carbocycles. The predicted molar refractivity (Wildman–Crippen MR) is 58.0 cm³/mol. The molecule has 0 radical (unpaired) electrons. The lowest BCUT2D eigenvalue weighted by Crippen LogP contribution is -2.34. The Bertz CT molecular complexity index is 243. The largest absolute Gasteiger partial charge is 0.697 e. The number of rotatable bonds is 8. The molecule has 0 aromatic heterocycles. The molecule has 3 N–H and O–H groups in total. The highest BCUT2D eigenvalue weighted by molar-refractivity contribution is 7.33. The number of nitrogens with one attached hydrogen (secondary N) is 1. The van der Waals surface area contributed by atoms with Crippen molar-refractivity contribution in [2.45, 2.75) is 39.0 Å². The average molecular weight is 273 g/mol. The molecule has 0 aliphatic heterocycles. The zero-order valence-electron chi connectivity index (χ0n) is 9.41. The molecule has 0 heterocycles. The van der Waals surface area contributed by atoms with Crippen LogP contribution in [0, 0.1) is 0 Å². The standard InChI is InChI=1S/C7H15NO6P2/c1-6(2)8-5-4-7(3,13-15(9)10)14-16(11)12/h6,8H,4-5H2,1-3H3/p+2. The first-order valence-corrected chi connectivity index (χ1v) is 6.95. The molecule has 0 saturated heterocycles. The van der Waals surface area contributed by atoms with E-state index in [0.717, 1.165) is 0 Å². The smallest absolute Gasteiger partial charge is 0.314 e. The summed E-state index contributed by atoms with van der Waals surface area (Å²) in [6, 6.07) is 0.232. The normalized spacial score (nSPS) is 17.1. The van der Waals surface area contributed by atoms with Gasteiger partial charge >= 0.3 is 16.5 Å². The van der Waals surface area contributed by atoms with E-state index in [1.807, 2.05) is 13.8 Å². The van der Waals surface area contributed by atoms with Crippen molar-refractivity contribution in [3.8, 4) is 0 Å². The molecule has 2 atom stereocenters. The quantitative estimate of drug-likeness (QED) is 0.453. The molecule has 0 saturated carbocycles. The lowest BCUT2D eigenvalue weighted by molar-refractivity contribution is -0.104. The maximum atomic E-state index is 10.5. The summed E-state index contributed by atoms with van der Waals surface area (Å²) in [5.74, 6) is -1.55. The summed E-state index contributed by atoms with van der Waals surface area (Å²) < 4.78 is 30.3. The van der Waals surface area contributed by atoms with Gasteiger partial charge < -0.3 is 5.32 Å². The second-order valence-corrected chi connectivity index (χ2v) is 4.97. The van der Waals surface area contributed by atoms with Crippen LogP contribution in [-0.4, -0.2) is 28.2 Å². The maximum absolute atomic E-state index is 10.5. The molecule has 2 unspecified atom stereocenters. The van der Waals surface area contributed by atoms with Crippen LogP contribution in [0.25, 0.3) is 0 Å². The van der Waals surface area contributed by atoms with E-state index in [0.29, 0.717) is 6.54 Å². The van der Waals surface area contributed by atoms with E-state index >= 15 is 0 Å². The van der Waals surface area contributed by atoms with Gasteiger partial charge in [-0.1, -0.05) is 22.9 Å². The summed E-state index contributed by atoms with van der Waals surface area (Å²) >= 11 is 0. The minimum Gasteiger partial charge on any atom is -0.314 e. The fourth-order valence-electron chi connectivity index (χ4n) is 1.03. The van der Waals surface area contributed by atoms with Crippen molar-refractivity contribution in [2.75, 3.05) is 6.54 Å². The molecule has 0 aromatic carbocycles. The Kier molecular flexibility index (Phi) is 7.35. The third-order valence-corrected chi connectivity index (χ3v) is 2.76. The SMILES string of the molecule is CC(C)NCCC(C)(O[P+](=O)O)O[P+](=O)O. The molecule has 0 amide bonds. The average Bonchev–Trinajstić information content (AvgIpc) is 1.98. The van der Waals surface area contributed by atoms with Crippen molar-refractivity contribution in [1.29, 1.82) is 0 Å². The summed E-state index contributed by atoms with van der Waals surface area (Å²) in [6.07, 6.45) is 0.175. The molecule has 16 heavy (non-hydrogen) atoms. The monoisotopic (exact) mass is 273 g/mol. The van der Waals surface area contributed by atoms with Crippen LogP contribution < -0.4 is 5.32 Å². The van der Waals surface area contributed by atoms with Gasteiger partial charge in [0.1, 0.15) is 0 Å². The minimum atomic E-state index is -2.89. The lowest BCUT2D eigenvalue weighted by atomic mass is 10.2. The zero-order chi connectivity index (χ0) is 12.8. The van der Waals surface area contributed by atoms with Crippen LogP contribution in [0.5, 0.6) is 0 Å². The molecule has 0 rings (SSSR count). The first-order chi connectivity index (χ1) is 7.25. The van der Waals surface area contributed by atoms with Gasteiger partial charge in [0.25, 0.3) is 5.79 Å². The van der Waals surface area contributed by atoms with Crippen molar-refractivity contribution >= 4 is 16.5 Å². The molecule has 94 valence electrons. The molecular formula is C7H17NO6P2+2. The fourth-order valence-corrected chi connectivity index (χ4v) is 2.00. The summed E-state index contributed by atoms with van der Waals surface area (Å²) in [4.78, 5) is 17.2. The topological polar surface area (TPSA) is 105 Å². The van der Waals surface area contributed by atoms with Gasteiger partial charge in [-0.15, -0.1) is 9.79 Å². The Labute approximate surface area is 96.1 Å². The second-order valence-electron chi connectivity index (χ2n) is 3.65. The van der Waals surface area contributed by atoms with Crippen molar-refractivity contribution < 1.29 is 28.0 Å². The Morgan fingerprint density at radius 1 is 1.25 bits per heavy atom. The Hall–Kier alpha value is -0.0000000000000000763. The molecule has 0 bridgehead atoms. The second kappa shape index (κ2) is 7.35. The van der Waals surface area contributed by atoms with Gasteiger partial charge in [0, 0.05) is 28.1 Å². The summed E-state index contributed by atoms with van der Waals surface area (Å²) in [6.45, 7) is 5.62. The van der Waals surface area contributed by atoms with Crippen LogP contribution in [0.2, 0.25) is 0 Å². The van der Waals surface area contributed by atoms with Crippen LogP contribution in [0.1, 0.15) is 27.2 Å². The van der Waals surface area contributed by atoms with E-state index in [-0.39, 0.29) is 12.5 Å². The molecule has 7 nitrogen and oxygen atoms in total. The summed E-state index contributed by atoms with van der Waals surface area (Å²) in [5.41, 5.74) is 0. The molecule has 0 aliphatic rings. The first-order valence-electron chi connectivity index (χ1n) is 4.69. The lowest BCUT2D eigenvalue weighted by Gasteiger charge is -2.16. The van der Waals surface area contributed by atoms with Crippen LogP contribution in [-0.2, 0) is 18.2 Å². The van der Waals surface area contributed by atoms with Gasteiger partial charge in [0.2, 0.25) is 0 Å². The number of hydrogen-bond donors (Lipinski definition) is 3. The van der Waals surface area contributed by atoms with Gasteiger partial charge in [-0.05, 0) is 6.92 Å². The molecule has 9 heteroatoms. The van der Waals surface area contributed by atoms with E-state index < -0.39 is 22.3 Å². The molecule has 0 spiro atoms. The Balaban J connectivity index is 4.29. The van der Waals surface area contributed by atoms with Gasteiger partial charge in [0.05, 0.1) is 0 Å². The van der Waals surface area contributed by atoms with Gasteiger partial charge in [0.15, 0.2) is 0 Å². The number of hydrogen-bond acceptors (Lipinski definition) is 5. The fraction of sp³-hybridized carbons (Fsp3) is 1.00. The van der Waals surface area contributed by atoms with Crippen molar-refractivity contribution in [1.82, 2.24) is 5.32 Å². The predicted octanol–water partition coefficient (Wildman–Crippen LogP) is 1.42. The highest BCUT2D eigenvalue weighted by Crippen LogP contribution is 2.36. The highest BCUT2D eigenvalue weighted by Gasteiger charge is 2.44. The van der Waals surface area contributed by atoms with Crippen LogP contribution in [0.15, 0.2) is 0 Å². The Morgan fingerprint density at radius 3 is 2.00 bits per heavy atom. The highest BCUT2D eigenvalue weighted by atomic mass is 31.1. The first kappa shape index (κ1) is 16.0. The molecule has 0 aromatic rings. The van der Waals surface area contributed by atoms with Crippen molar-refractivity contribution in [3.63, 3.8) is 0 Å². The van der Waals surface area contributed by atoms with Crippen LogP contribution in [0.3, 0.4) is 0 Å². The van der Waals surface area contributed by atoms with Crippen LogP contribution in [0.4, 0.5) is 0 Å². The van der Waals surface area contributed by atoms with Gasteiger partial charge in [-0.3, -0.25) is 0 Å². The van der Waals surface area contributed by atoms with Gasteiger partial charge in [-0.25, -0.2) is 0 Å². The molecular weight excluding hydrogens is 256 g/mol. The van der Waals surface area contributed by atoms with E-state index in [9.17, 15) is 9.13 Å². The van der Waals surface area contributed by atoms with E-state index in [4.69, 9.17) is 9.79 Å². The van der Waals surface area contributed by atoms with Crippen LogP contribution >= 0.6 is 16.5 Å². The van der Waals surface area contributed by atoms with Gasteiger partial charge in [-0.2, -0.15) is 0 Å². The Morgan fingerprint density at radius 2 is 1.69 bits per heavy atom.